The number of hydrogen-bond acceptors (Lipinski definition) is 3. The molecule has 0 heterocycles. The van der Waals surface area contributed by atoms with E-state index in [-0.39, 0.29) is 39.1 Å². The Morgan fingerprint density at radius 1 is 0.909 bits per heavy atom. The molecule has 1 N–H and O–H groups in total. The Balaban J connectivity index is 1.60. The maximum Gasteiger partial charge on any atom is 0.0594 e. The Kier molecular flexibility index (Phi) is 4.99. The Hall–Kier alpha value is -0.830. The number of carboxylic acid groups (broad SMARTS) is 1. The number of allylic oxidation sites excluding steroid dienone is 2. The molecule has 0 saturated heterocycles. The molecule has 5 aliphatic rings. The lowest BCUT2D eigenvalue weighted by Crippen LogP contribution is -2.65. The number of aliphatic carboxylic acids is 1. The van der Waals surface area contributed by atoms with Gasteiger partial charge in [-0.3, -0.25) is 0 Å². The zero-order chi connectivity index (χ0) is 24.2. The fourth-order valence-corrected chi connectivity index (χ4v) is 10.6. The highest BCUT2D eigenvalue weighted by molar-refractivity contribution is 5.74. The first-order valence-corrected chi connectivity index (χ1v) is 13.7. The molecule has 0 aliphatic heterocycles. The highest BCUT2D eigenvalue weighted by Gasteiger charge is 2.68. The van der Waals surface area contributed by atoms with E-state index in [4.69, 9.17) is 0 Å². The molecule has 0 spiro atoms. The number of hydrogen-bond donors (Lipinski definition) is 1. The van der Waals surface area contributed by atoms with Crippen LogP contribution < -0.4 is 5.11 Å². The van der Waals surface area contributed by atoms with Crippen LogP contribution in [0.15, 0.2) is 11.6 Å². The van der Waals surface area contributed by atoms with Crippen LogP contribution >= 0.6 is 0 Å². The van der Waals surface area contributed by atoms with Crippen LogP contribution in [0.3, 0.4) is 0 Å². The van der Waals surface area contributed by atoms with E-state index in [1.807, 2.05) is 0 Å². The summed E-state index contributed by atoms with van der Waals surface area (Å²) in [5, 5.41) is 23.5. The van der Waals surface area contributed by atoms with E-state index in [2.05, 4.69) is 54.5 Å². The van der Waals surface area contributed by atoms with Gasteiger partial charge in [0.25, 0.3) is 0 Å². The van der Waals surface area contributed by atoms with Crippen molar-refractivity contribution in [3.05, 3.63) is 11.6 Å². The molecule has 33 heavy (non-hydrogen) atoms. The molecule has 5 rings (SSSR count). The Labute approximate surface area is 201 Å². The van der Waals surface area contributed by atoms with E-state index in [0.29, 0.717) is 11.8 Å². The van der Waals surface area contributed by atoms with Crippen molar-refractivity contribution in [1.82, 2.24) is 0 Å². The van der Waals surface area contributed by atoms with E-state index in [9.17, 15) is 15.0 Å². The van der Waals surface area contributed by atoms with E-state index in [0.717, 1.165) is 51.4 Å². The van der Waals surface area contributed by atoms with Gasteiger partial charge in [0.15, 0.2) is 0 Å². The zero-order valence-electron chi connectivity index (χ0n) is 22.2. The van der Waals surface area contributed by atoms with E-state index < -0.39 is 11.4 Å². The molecular weight excluding hydrogens is 408 g/mol. The fraction of sp³-hybridized carbons (Fsp3) is 0.900. The van der Waals surface area contributed by atoms with Crippen molar-refractivity contribution in [2.75, 3.05) is 0 Å². The van der Waals surface area contributed by atoms with Crippen LogP contribution in [0.5, 0.6) is 0 Å². The van der Waals surface area contributed by atoms with Crippen molar-refractivity contribution in [1.29, 1.82) is 0 Å². The number of carbonyl (C=O) groups is 1. The van der Waals surface area contributed by atoms with E-state index >= 15 is 0 Å². The number of carboxylic acids is 1. The van der Waals surface area contributed by atoms with Gasteiger partial charge in [-0.25, -0.2) is 0 Å². The Morgan fingerprint density at radius 2 is 1.58 bits per heavy atom. The molecule has 0 aromatic heterocycles. The van der Waals surface area contributed by atoms with Gasteiger partial charge >= 0.3 is 0 Å². The number of carbonyl (C=O) groups excluding carboxylic acids is 1. The van der Waals surface area contributed by atoms with Crippen molar-refractivity contribution in [2.45, 2.75) is 119 Å². The monoisotopic (exact) mass is 455 g/mol. The topological polar surface area (TPSA) is 60.4 Å². The molecule has 0 radical (unpaired) electrons. The summed E-state index contributed by atoms with van der Waals surface area (Å²) in [5.41, 5.74) is 1.43. The molecule has 5 aliphatic carbocycles. The second-order valence-corrected chi connectivity index (χ2v) is 15.0. The summed E-state index contributed by atoms with van der Waals surface area (Å²) in [6, 6.07) is 0. The predicted octanol–water partition coefficient (Wildman–Crippen LogP) is 5.90. The first kappa shape index (κ1) is 23.9. The van der Waals surface area contributed by atoms with Crippen molar-refractivity contribution in [3.8, 4) is 0 Å². The lowest BCUT2D eigenvalue weighted by molar-refractivity contribution is -0.327. The third-order valence-corrected chi connectivity index (χ3v) is 13.0. The summed E-state index contributed by atoms with van der Waals surface area (Å²) in [7, 11) is 0. The minimum Gasteiger partial charge on any atom is -0.550 e. The second-order valence-electron chi connectivity index (χ2n) is 15.0. The summed E-state index contributed by atoms with van der Waals surface area (Å²) in [4.78, 5) is 12.6. The number of fused-ring (bicyclic) bond motifs is 7. The number of rotatable bonds is 1. The Morgan fingerprint density at radius 3 is 2.24 bits per heavy atom. The van der Waals surface area contributed by atoms with Crippen LogP contribution in [-0.2, 0) is 4.79 Å². The average Bonchev–Trinajstić information content (AvgIpc) is 2.71. The molecule has 8 atom stereocenters. The van der Waals surface area contributed by atoms with Gasteiger partial charge in [0.05, 0.1) is 6.10 Å². The van der Waals surface area contributed by atoms with Crippen LogP contribution in [0.4, 0.5) is 0 Å². The minimum absolute atomic E-state index is 0.0384. The third-order valence-electron chi connectivity index (χ3n) is 13.0. The van der Waals surface area contributed by atoms with E-state index in [1.54, 1.807) is 0 Å². The molecule has 4 fully saturated rings. The fourth-order valence-electron chi connectivity index (χ4n) is 10.6. The van der Waals surface area contributed by atoms with Gasteiger partial charge in [0.2, 0.25) is 0 Å². The summed E-state index contributed by atoms with van der Waals surface area (Å²) in [5.74, 6) is 0.469. The average molecular weight is 456 g/mol. The predicted molar refractivity (Wildman–Crippen MR) is 130 cm³/mol. The van der Waals surface area contributed by atoms with Crippen LogP contribution in [0.1, 0.15) is 113 Å². The van der Waals surface area contributed by atoms with Gasteiger partial charge in [-0.1, -0.05) is 60.1 Å². The highest BCUT2D eigenvalue weighted by atomic mass is 16.4. The van der Waals surface area contributed by atoms with Gasteiger partial charge < -0.3 is 15.0 Å². The van der Waals surface area contributed by atoms with Crippen LogP contribution in [0, 0.1) is 50.2 Å². The highest BCUT2D eigenvalue weighted by Crippen LogP contribution is 2.75. The number of aliphatic hydroxyl groups excluding tert-OH is 1. The smallest absolute Gasteiger partial charge is 0.0594 e. The second kappa shape index (κ2) is 6.89. The summed E-state index contributed by atoms with van der Waals surface area (Å²) >= 11 is 0. The first-order valence-electron chi connectivity index (χ1n) is 13.7. The van der Waals surface area contributed by atoms with Gasteiger partial charge in [-0.2, -0.15) is 0 Å². The summed E-state index contributed by atoms with van der Waals surface area (Å²) < 4.78 is 0. The maximum atomic E-state index is 12.6. The molecule has 3 heteroatoms. The zero-order valence-corrected chi connectivity index (χ0v) is 22.2. The molecule has 0 aromatic carbocycles. The van der Waals surface area contributed by atoms with Gasteiger partial charge in [-0.05, 0) is 109 Å². The third kappa shape index (κ3) is 2.87. The van der Waals surface area contributed by atoms with Crippen molar-refractivity contribution >= 4 is 5.97 Å². The first-order chi connectivity index (χ1) is 15.1. The summed E-state index contributed by atoms with van der Waals surface area (Å²) in [6.07, 6.45) is 12.3. The van der Waals surface area contributed by atoms with Crippen molar-refractivity contribution in [3.63, 3.8) is 0 Å². The van der Waals surface area contributed by atoms with Crippen molar-refractivity contribution in [2.24, 2.45) is 50.2 Å². The molecule has 4 saturated carbocycles. The molecule has 186 valence electrons. The van der Waals surface area contributed by atoms with Gasteiger partial charge in [0, 0.05) is 11.4 Å². The van der Waals surface area contributed by atoms with Crippen LogP contribution in [-0.4, -0.2) is 17.2 Å². The van der Waals surface area contributed by atoms with Crippen molar-refractivity contribution < 1.29 is 15.0 Å². The minimum atomic E-state index is -0.795. The molecule has 0 bridgehead atoms. The summed E-state index contributed by atoms with van der Waals surface area (Å²) in [6.45, 7) is 16.8. The van der Waals surface area contributed by atoms with Crippen LogP contribution in [0.2, 0.25) is 0 Å². The quantitative estimate of drug-likeness (QED) is 0.501. The molecule has 0 unspecified atom stereocenters. The molecule has 3 nitrogen and oxygen atoms in total. The molecule has 0 amide bonds. The standard InChI is InChI=1S/C30H48O3/c1-25(2)14-16-30(24(32)33)17-15-28(6)19(20(30)18-25)8-9-22-27(5)12-11-23(31)26(3,4)21(27)10-13-29(22,28)7/h8,20-23,31H,9-18H2,1-7H3,(H,32,33)/p-1/t20-,21-,22-,23-,27-,28+,29-,30+/m0/s1. The van der Waals surface area contributed by atoms with Crippen LogP contribution in [0.25, 0.3) is 0 Å². The molecular formula is C30H47O3-. The largest absolute Gasteiger partial charge is 0.550 e. The number of aliphatic hydroxyl groups is 1. The lowest BCUT2D eigenvalue weighted by Gasteiger charge is -2.71. The lowest BCUT2D eigenvalue weighted by atomic mass is 9.33. The molecule has 0 aromatic rings. The van der Waals surface area contributed by atoms with E-state index in [1.165, 1.54) is 18.4 Å². The van der Waals surface area contributed by atoms with Gasteiger partial charge in [0.1, 0.15) is 0 Å². The SMILES string of the molecule is CC1(C)CC[C@@]2(C(=O)[O-])CC[C@]3(C)C(=CC[C@H]4[C@@]5(C)CC[C@H](O)C(C)(C)[C@@H]5CC[C@@]43C)[C@@H]2C1. The van der Waals surface area contributed by atoms with Gasteiger partial charge in [-0.15, -0.1) is 0 Å². The maximum absolute atomic E-state index is 12.6. The Bertz CT molecular complexity index is 885. The normalized spacial score (nSPS) is 52.4.